The molecule has 0 amide bonds. The molecule has 112 valence electrons. The predicted molar refractivity (Wildman–Crippen MR) is 87.8 cm³/mol. The average Bonchev–Trinajstić information content (AvgIpc) is 2.47. The van der Waals surface area contributed by atoms with Crippen molar-refractivity contribution in [2.24, 2.45) is 5.92 Å². The molecule has 3 rings (SSSR count). The number of ketones is 1. The molecule has 21 heavy (non-hydrogen) atoms. The maximum absolute atomic E-state index is 11.3. The summed E-state index contributed by atoms with van der Waals surface area (Å²) >= 11 is 0. The van der Waals surface area contributed by atoms with Gasteiger partial charge in [0, 0.05) is 16.6 Å². The molecule has 1 saturated heterocycles. The third-order valence-corrected chi connectivity index (χ3v) is 3.84. The fourth-order valence-electron chi connectivity index (χ4n) is 2.59. The molecule has 1 fully saturated rings. The van der Waals surface area contributed by atoms with Crippen molar-refractivity contribution in [3.05, 3.63) is 41.6 Å². The lowest BCUT2D eigenvalue weighted by Crippen LogP contribution is -2.27. The zero-order valence-electron chi connectivity index (χ0n) is 13.1. The van der Waals surface area contributed by atoms with E-state index in [-0.39, 0.29) is 5.78 Å². The Morgan fingerprint density at radius 1 is 1.33 bits per heavy atom. The Morgan fingerprint density at radius 3 is 2.67 bits per heavy atom. The van der Waals surface area contributed by atoms with Gasteiger partial charge in [0.1, 0.15) is 0 Å². The van der Waals surface area contributed by atoms with Crippen molar-refractivity contribution in [1.29, 1.82) is 0 Å². The largest absolute Gasteiger partial charge is 0.316 e. The highest BCUT2D eigenvalue weighted by atomic mass is 16.1. The second kappa shape index (κ2) is 7.32. The number of hydrogen-bond donors (Lipinski definition) is 1. The molecule has 1 N–H and O–H groups in total. The number of aromatic nitrogens is 1. The third kappa shape index (κ3) is 4.36. The fourth-order valence-corrected chi connectivity index (χ4v) is 2.59. The van der Waals surface area contributed by atoms with Gasteiger partial charge >= 0.3 is 0 Å². The standard InChI is InChI=1S/C12H11NO.C6H13N/c1-8-11(9(2)14)7-10-5-3-4-6-12(10)13-8;1-6-3-2-4-7-5-6/h3-7H,1-2H3;6-7H,2-5H2,1H3. The smallest absolute Gasteiger partial charge is 0.161 e. The first-order valence-electron chi connectivity index (χ1n) is 7.66. The van der Waals surface area contributed by atoms with Gasteiger partial charge in [0.15, 0.2) is 5.78 Å². The highest BCUT2D eigenvalue weighted by Crippen LogP contribution is 2.16. The number of piperidine rings is 1. The molecule has 1 aliphatic rings. The summed E-state index contributed by atoms with van der Waals surface area (Å²) in [7, 11) is 0. The molecule has 2 aromatic rings. The second-order valence-corrected chi connectivity index (χ2v) is 5.82. The molecule has 0 radical (unpaired) electrons. The number of Topliss-reactive ketones (excluding diaryl/α,β-unsaturated/α-hetero) is 1. The van der Waals surface area contributed by atoms with Crippen LogP contribution < -0.4 is 5.32 Å². The van der Waals surface area contributed by atoms with Crippen molar-refractivity contribution in [2.75, 3.05) is 13.1 Å². The first-order chi connectivity index (χ1) is 10.1. The topological polar surface area (TPSA) is 42.0 Å². The van der Waals surface area contributed by atoms with Gasteiger partial charge in [0.2, 0.25) is 0 Å². The van der Waals surface area contributed by atoms with Crippen LogP contribution in [0.1, 0.15) is 42.7 Å². The van der Waals surface area contributed by atoms with Crippen LogP contribution in [0, 0.1) is 12.8 Å². The van der Waals surface area contributed by atoms with E-state index < -0.39 is 0 Å². The molecule has 2 heterocycles. The first-order valence-corrected chi connectivity index (χ1v) is 7.66. The van der Waals surface area contributed by atoms with E-state index in [2.05, 4.69) is 17.2 Å². The van der Waals surface area contributed by atoms with Gasteiger partial charge < -0.3 is 5.32 Å². The van der Waals surface area contributed by atoms with Gasteiger partial charge in [-0.2, -0.15) is 0 Å². The number of pyridine rings is 1. The van der Waals surface area contributed by atoms with Crippen molar-refractivity contribution in [3.63, 3.8) is 0 Å². The minimum atomic E-state index is 0.0701. The molecule has 3 heteroatoms. The van der Waals surface area contributed by atoms with Gasteiger partial charge in [-0.25, -0.2) is 0 Å². The van der Waals surface area contributed by atoms with Gasteiger partial charge in [0.25, 0.3) is 0 Å². The van der Waals surface area contributed by atoms with E-state index in [0.717, 1.165) is 22.5 Å². The molecule has 0 bridgehead atoms. The number of aryl methyl sites for hydroxylation is 1. The van der Waals surface area contributed by atoms with Crippen molar-refractivity contribution in [3.8, 4) is 0 Å². The van der Waals surface area contributed by atoms with Gasteiger partial charge in [-0.1, -0.05) is 25.1 Å². The predicted octanol–water partition coefficient (Wildman–Crippen LogP) is 3.75. The minimum absolute atomic E-state index is 0.0701. The Balaban J connectivity index is 0.000000194. The summed E-state index contributed by atoms with van der Waals surface area (Å²) in [5.74, 6) is 0.995. The summed E-state index contributed by atoms with van der Waals surface area (Å²) in [6, 6.07) is 9.71. The normalized spacial score (nSPS) is 18.0. The van der Waals surface area contributed by atoms with E-state index in [1.54, 1.807) is 6.92 Å². The van der Waals surface area contributed by atoms with E-state index in [0.29, 0.717) is 5.56 Å². The van der Waals surface area contributed by atoms with Crippen LogP contribution >= 0.6 is 0 Å². The Labute approximate surface area is 126 Å². The monoisotopic (exact) mass is 284 g/mol. The van der Waals surface area contributed by atoms with Crippen molar-refractivity contribution < 1.29 is 4.79 Å². The molecule has 1 aliphatic heterocycles. The maximum Gasteiger partial charge on any atom is 0.161 e. The van der Waals surface area contributed by atoms with Crippen LogP contribution in [-0.4, -0.2) is 23.9 Å². The Bertz CT molecular complexity index is 616. The molecule has 1 atom stereocenters. The number of nitrogens with one attached hydrogen (secondary N) is 1. The number of para-hydroxylation sites is 1. The van der Waals surface area contributed by atoms with E-state index in [9.17, 15) is 4.79 Å². The van der Waals surface area contributed by atoms with Gasteiger partial charge in [0.05, 0.1) is 5.52 Å². The highest BCUT2D eigenvalue weighted by Gasteiger charge is 2.06. The molecule has 0 saturated carbocycles. The molecule has 0 aliphatic carbocycles. The van der Waals surface area contributed by atoms with Crippen LogP contribution in [0.3, 0.4) is 0 Å². The Morgan fingerprint density at radius 2 is 2.10 bits per heavy atom. The van der Waals surface area contributed by atoms with Crippen LogP contribution in [0.4, 0.5) is 0 Å². The molecule has 1 aromatic heterocycles. The Hall–Kier alpha value is -1.74. The van der Waals surface area contributed by atoms with Crippen LogP contribution in [0.5, 0.6) is 0 Å². The molecule has 1 unspecified atom stereocenters. The number of fused-ring (bicyclic) bond motifs is 1. The van der Waals surface area contributed by atoms with Gasteiger partial charge in [-0.15, -0.1) is 0 Å². The van der Waals surface area contributed by atoms with E-state index in [1.807, 2.05) is 37.3 Å². The molecular formula is C18H24N2O. The Kier molecular flexibility index (Phi) is 5.45. The number of nitrogens with zero attached hydrogens (tertiary/aromatic N) is 1. The lowest BCUT2D eigenvalue weighted by Gasteiger charge is -2.17. The van der Waals surface area contributed by atoms with Crippen LogP contribution in [0.25, 0.3) is 10.9 Å². The second-order valence-electron chi connectivity index (χ2n) is 5.82. The minimum Gasteiger partial charge on any atom is -0.316 e. The van der Waals surface area contributed by atoms with Crippen molar-refractivity contribution in [1.82, 2.24) is 10.3 Å². The quantitative estimate of drug-likeness (QED) is 0.811. The summed E-state index contributed by atoms with van der Waals surface area (Å²) in [5, 5.41) is 4.35. The SMILES string of the molecule is CC(=O)c1cc2ccccc2nc1C.CC1CCCNC1. The van der Waals surface area contributed by atoms with Gasteiger partial charge in [-0.3, -0.25) is 9.78 Å². The zero-order valence-corrected chi connectivity index (χ0v) is 13.1. The highest BCUT2D eigenvalue weighted by molar-refractivity contribution is 5.98. The van der Waals surface area contributed by atoms with E-state index >= 15 is 0 Å². The number of carbonyl (C=O) groups is 1. The number of hydrogen-bond acceptors (Lipinski definition) is 3. The lowest BCUT2D eigenvalue weighted by atomic mass is 10.0. The lowest BCUT2D eigenvalue weighted by molar-refractivity contribution is 0.101. The summed E-state index contributed by atoms with van der Waals surface area (Å²) in [6.07, 6.45) is 2.80. The van der Waals surface area contributed by atoms with Crippen molar-refractivity contribution in [2.45, 2.75) is 33.6 Å². The molecule has 0 spiro atoms. The van der Waals surface area contributed by atoms with Gasteiger partial charge in [-0.05, 0) is 57.8 Å². The molecule has 3 nitrogen and oxygen atoms in total. The summed E-state index contributed by atoms with van der Waals surface area (Å²) in [4.78, 5) is 15.6. The van der Waals surface area contributed by atoms with E-state index in [4.69, 9.17) is 0 Å². The number of carbonyl (C=O) groups excluding carboxylic acids is 1. The van der Waals surface area contributed by atoms with Crippen molar-refractivity contribution >= 4 is 16.7 Å². The molecule has 1 aromatic carbocycles. The van der Waals surface area contributed by atoms with Crippen LogP contribution in [0.15, 0.2) is 30.3 Å². The zero-order chi connectivity index (χ0) is 15.2. The maximum atomic E-state index is 11.3. The number of benzene rings is 1. The van der Waals surface area contributed by atoms with Crippen LogP contribution in [-0.2, 0) is 0 Å². The van der Waals surface area contributed by atoms with E-state index in [1.165, 1.54) is 25.9 Å². The summed E-state index contributed by atoms with van der Waals surface area (Å²) in [5.41, 5.74) is 2.45. The summed E-state index contributed by atoms with van der Waals surface area (Å²) < 4.78 is 0. The average molecular weight is 284 g/mol. The number of rotatable bonds is 1. The van der Waals surface area contributed by atoms with Crippen LogP contribution in [0.2, 0.25) is 0 Å². The molecular weight excluding hydrogens is 260 g/mol. The summed E-state index contributed by atoms with van der Waals surface area (Å²) in [6.45, 7) is 8.21. The fraction of sp³-hybridized carbons (Fsp3) is 0.444. The third-order valence-electron chi connectivity index (χ3n) is 3.84. The first kappa shape index (κ1) is 15.6.